The summed E-state index contributed by atoms with van der Waals surface area (Å²) in [4.78, 5) is 14.4. The van der Waals surface area contributed by atoms with E-state index in [1.807, 2.05) is 45.3 Å². The molecule has 1 unspecified atom stereocenters. The fourth-order valence-electron chi connectivity index (χ4n) is 2.30. The van der Waals surface area contributed by atoms with Crippen LogP contribution in [-0.4, -0.2) is 51.1 Å². The van der Waals surface area contributed by atoms with Gasteiger partial charge in [-0.05, 0) is 46.1 Å². The molecule has 5 nitrogen and oxygen atoms in total. The molecule has 7 heteroatoms. The highest BCUT2D eigenvalue weighted by atomic mass is 35.5. The summed E-state index contributed by atoms with van der Waals surface area (Å²) in [6.45, 7) is 5.13. The molecular weight excluding hydrogens is 337 g/mol. The number of ether oxygens (including phenoxy) is 1. The first-order valence-corrected chi connectivity index (χ1v) is 7.39. The molecule has 0 aromatic heterocycles. The number of halogens is 2. The fraction of sp³-hybridized carbons (Fsp3) is 0.562. The number of hydrogen-bond acceptors (Lipinski definition) is 4. The predicted molar refractivity (Wildman–Crippen MR) is 99.2 cm³/mol. The quantitative estimate of drug-likeness (QED) is 0.814. The van der Waals surface area contributed by atoms with Crippen LogP contribution in [0.2, 0.25) is 0 Å². The summed E-state index contributed by atoms with van der Waals surface area (Å²) in [5, 5.41) is 6.23. The van der Waals surface area contributed by atoms with E-state index in [2.05, 4.69) is 15.5 Å². The zero-order valence-corrected chi connectivity index (χ0v) is 15.6. The van der Waals surface area contributed by atoms with Gasteiger partial charge in [-0.15, -0.1) is 24.8 Å². The van der Waals surface area contributed by atoms with Gasteiger partial charge in [-0.3, -0.25) is 4.79 Å². The second-order valence-electron chi connectivity index (χ2n) is 6.12. The molecule has 1 aromatic rings. The molecule has 1 amide bonds. The average molecular weight is 364 g/mol. The van der Waals surface area contributed by atoms with Gasteiger partial charge in [0.2, 0.25) is 5.91 Å². The number of hydrogen-bond donors (Lipinski definition) is 2. The summed E-state index contributed by atoms with van der Waals surface area (Å²) in [5.74, 6) is 0.849. The highest BCUT2D eigenvalue weighted by Crippen LogP contribution is 2.27. The smallest absolute Gasteiger partial charge is 0.231 e. The van der Waals surface area contributed by atoms with Crippen LogP contribution in [0.5, 0.6) is 5.75 Å². The van der Waals surface area contributed by atoms with Crippen LogP contribution in [0.4, 0.5) is 5.69 Å². The summed E-state index contributed by atoms with van der Waals surface area (Å²) in [7, 11) is 4.02. The number of nitrogens with zero attached hydrogens (tertiary/aromatic N) is 1. The molecule has 0 spiro atoms. The minimum Gasteiger partial charge on any atom is -0.492 e. The summed E-state index contributed by atoms with van der Waals surface area (Å²) in [6.07, 6.45) is 0.873. The number of rotatable bonds is 6. The topological polar surface area (TPSA) is 53.6 Å². The van der Waals surface area contributed by atoms with Crippen molar-refractivity contribution in [3.8, 4) is 5.75 Å². The van der Waals surface area contributed by atoms with Crippen molar-refractivity contribution in [1.29, 1.82) is 0 Å². The lowest BCUT2D eigenvalue weighted by molar-refractivity contribution is -0.123. The minimum absolute atomic E-state index is 0. The van der Waals surface area contributed by atoms with Gasteiger partial charge < -0.3 is 20.3 Å². The van der Waals surface area contributed by atoms with Crippen molar-refractivity contribution in [3.05, 3.63) is 24.3 Å². The van der Waals surface area contributed by atoms with Crippen LogP contribution in [0.3, 0.4) is 0 Å². The number of likely N-dealkylation sites (N-methyl/N-ethyl adjacent to an activating group) is 1. The molecule has 2 N–H and O–H groups in total. The number of carbonyl (C=O) groups excluding carboxylic acids is 1. The van der Waals surface area contributed by atoms with Gasteiger partial charge in [0.05, 0.1) is 5.41 Å². The first kappa shape index (κ1) is 22.0. The van der Waals surface area contributed by atoms with Crippen LogP contribution in [0.1, 0.15) is 13.3 Å². The monoisotopic (exact) mass is 363 g/mol. The van der Waals surface area contributed by atoms with E-state index in [-0.39, 0.29) is 36.1 Å². The third kappa shape index (κ3) is 6.55. The third-order valence-corrected chi connectivity index (χ3v) is 3.82. The van der Waals surface area contributed by atoms with Crippen molar-refractivity contribution < 1.29 is 9.53 Å². The van der Waals surface area contributed by atoms with Crippen LogP contribution in [0.15, 0.2) is 24.3 Å². The van der Waals surface area contributed by atoms with Gasteiger partial charge in [-0.25, -0.2) is 0 Å². The van der Waals surface area contributed by atoms with E-state index in [1.165, 1.54) is 0 Å². The Morgan fingerprint density at radius 2 is 2.13 bits per heavy atom. The molecule has 1 fully saturated rings. The van der Waals surface area contributed by atoms with Crippen LogP contribution >= 0.6 is 24.8 Å². The molecule has 1 atom stereocenters. The van der Waals surface area contributed by atoms with E-state index in [0.29, 0.717) is 6.61 Å². The summed E-state index contributed by atoms with van der Waals surface area (Å²) in [6, 6.07) is 7.57. The standard InChI is InChI=1S/C16H25N3O2.2ClH/c1-16(7-8-17-12-16)15(20)18-13-5-4-6-14(11-13)21-10-9-19(2)3;;/h4-6,11,17H,7-10,12H2,1-3H3,(H,18,20);2*1H. The maximum atomic E-state index is 12.4. The Labute approximate surface area is 151 Å². The molecule has 2 rings (SSSR count). The van der Waals surface area contributed by atoms with Gasteiger partial charge in [0, 0.05) is 24.8 Å². The molecule has 1 heterocycles. The van der Waals surface area contributed by atoms with Crippen molar-refractivity contribution >= 4 is 36.4 Å². The van der Waals surface area contributed by atoms with Gasteiger partial charge in [0.15, 0.2) is 0 Å². The lowest BCUT2D eigenvalue weighted by atomic mass is 9.89. The Hall–Kier alpha value is -1.01. The van der Waals surface area contributed by atoms with Crippen molar-refractivity contribution in [2.45, 2.75) is 13.3 Å². The summed E-state index contributed by atoms with van der Waals surface area (Å²) in [5.41, 5.74) is 0.470. The molecule has 1 aliphatic rings. The fourth-order valence-corrected chi connectivity index (χ4v) is 2.30. The van der Waals surface area contributed by atoms with Gasteiger partial charge >= 0.3 is 0 Å². The van der Waals surface area contributed by atoms with Gasteiger partial charge in [-0.1, -0.05) is 6.07 Å². The maximum Gasteiger partial charge on any atom is 0.231 e. The SMILES string of the molecule is CN(C)CCOc1cccc(NC(=O)C2(C)CCNC2)c1.Cl.Cl. The summed E-state index contributed by atoms with van der Waals surface area (Å²) >= 11 is 0. The largest absolute Gasteiger partial charge is 0.492 e. The molecule has 0 bridgehead atoms. The van der Waals surface area contributed by atoms with E-state index < -0.39 is 0 Å². The molecule has 1 aromatic carbocycles. The highest BCUT2D eigenvalue weighted by Gasteiger charge is 2.36. The molecule has 1 saturated heterocycles. The molecule has 132 valence electrons. The molecule has 23 heavy (non-hydrogen) atoms. The number of amides is 1. The average Bonchev–Trinajstić information content (AvgIpc) is 2.87. The Morgan fingerprint density at radius 3 is 2.74 bits per heavy atom. The summed E-state index contributed by atoms with van der Waals surface area (Å²) < 4.78 is 5.68. The lowest BCUT2D eigenvalue weighted by Gasteiger charge is -2.21. The van der Waals surface area contributed by atoms with E-state index in [4.69, 9.17) is 4.74 Å². The van der Waals surface area contributed by atoms with Crippen molar-refractivity contribution in [3.63, 3.8) is 0 Å². The second kappa shape index (κ2) is 9.98. The molecule has 1 aliphatic heterocycles. The maximum absolute atomic E-state index is 12.4. The minimum atomic E-state index is -0.318. The van der Waals surface area contributed by atoms with Crippen molar-refractivity contribution in [2.75, 3.05) is 45.7 Å². The molecule has 0 saturated carbocycles. The molecule has 0 radical (unpaired) electrons. The Bertz CT molecular complexity index is 492. The van der Waals surface area contributed by atoms with E-state index in [9.17, 15) is 4.79 Å². The van der Waals surface area contributed by atoms with Gasteiger partial charge in [0.1, 0.15) is 12.4 Å². The van der Waals surface area contributed by atoms with E-state index in [0.717, 1.165) is 37.5 Å². The zero-order chi connectivity index (χ0) is 15.3. The van der Waals surface area contributed by atoms with E-state index >= 15 is 0 Å². The molecular formula is C16H27Cl2N3O2. The van der Waals surface area contributed by atoms with Crippen LogP contribution < -0.4 is 15.4 Å². The highest BCUT2D eigenvalue weighted by molar-refractivity contribution is 5.95. The number of carbonyl (C=O) groups is 1. The number of anilines is 1. The zero-order valence-electron chi connectivity index (χ0n) is 13.9. The second-order valence-corrected chi connectivity index (χ2v) is 6.12. The van der Waals surface area contributed by atoms with Crippen molar-refractivity contribution in [2.24, 2.45) is 5.41 Å². The van der Waals surface area contributed by atoms with Crippen LogP contribution in [-0.2, 0) is 4.79 Å². The van der Waals surface area contributed by atoms with Crippen LogP contribution in [0, 0.1) is 5.41 Å². The van der Waals surface area contributed by atoms with Crippen molar-refractivity contribution in [1.82, 2.24) is 10.2 Å². The Morgan fingerprint density at radius 1 is 1.39 bits per heavy atom. The van der Waals surface area contributed by atoms with E-state index in [1.54, 1.807) is 0 Å². The molecule has 0 aliphatic carbocycles. The van der Waals surface area contributed by atoms with Gasteiger partial charge in [0.25, 0.3) is 0 Å². The first-order chi connectivity index (χ1) is 9.99. The third-order valence-electron chi connectivity index (χ3n) is 3.82. The number of benzene rings is 1. The first-order valence-electron chi connectivity index (χ1n) is 7.39. The lowest BCUT2D eigenvalue weighted by Crippen LogP contribution is -2.35. The van der Waals surface area contributed by atoms with Gasteiger partial charge in [-0.2, -0.15) is 0 Å². The Kier molecular flexibility index (Phi) is 9.54. The number of nitrogens with one attached hydrogen (secondary N) is 2. The van der Waals surface area contributed by atoms with Crippen LogP contribution in [0.25, 0.3) is 0 Å². The normalized spacial score (nSPS) is 19.7. The Balaban J connectivity index is 0.00000242. The predicted octanol–water partition coefficient (Wildman–Crippen LogP) is 2.41.